The zero-order valence-electron chi connectivity index (χ0n) is 9.08. The van der Waals surface area contributed by atoms with E-state index in [9.17, 15) is 5.11 Å². The third kappa shape index (κ3) is 2.91. The van der Waals surface area contributed by atoms with Gasteiger partial charge in [-0.3, -0.25) is 4.98 Å². The fraction of sp³-hybridized carbons (Fsp3) is 0.214. The molecule has 82 valence electrons. The molecule has 1 heterocycles. The molecule has 0 aliphatic rings. The molecule has 0 saturated carbocycles. The summed E-state index contributed by atoms with van der Waals surface area (Å²) in [5.41, 5.74) is 2.00. The van der Waals surface area contributed by atoms with Crippen LogP contribution in [-0.2, 0) is 6.42 Å². The highest BCUT2D eigenvalue weighted by Gasteiger charge is 2.06. The van der Waals surface area contributed by atoms with Crippen molar-refractivity contribution in [3.63, 3.8) is 0 Å². The van der Waals surface area contributed by atoms with E-state index in [1.807, 2.05) is 48.5 Å². The number of aryl methyl sites for hydroxylation is 1. The second kappa shape index (κ2) is 5.42. The molecule has 0 radical (unpaired) electrons. The Morgan fingerprint density at radius 1 is 1.00 bits per heavy atom. The number of aromatic nitrogens is 1. The Bertz CT molecular complexity index is 413. The number of aliphatic hydroxyl groups is 1. The fourth-order valence-electron chi connectivity index (χ4n) is 1.67. The van der Waals surface area contributed by atoms with Gasteiger partial charge in [-0.1, -0.05) is 36.4 Å². The molecule has 0 bridgehead atoms. The SMILES string of the molecule is O[C@H](CCc1ccccn1)c1ccccc1. The average molecular weight is 213 g/mol. The first-order chi connectivity index (χ1) is 7.86. The van der Waals surface area contributed by atoms with Crippen LogP contribution in [0.5, 0.6) is 0 Å². The van der Waals surface area contributed by atoms with Crippen LogP contribution in [0.1, 0.15) is 23.8 Å². The van der Waals surface area contributed by atoms with Gasteiger partial charge in [0.05, 0.1) is 6.10 Å². The lowest BCUT2D eigenvalue weighted by Gasteiger charge is -2.10. The molecule has 1 N–H and O–H groups in total. The van der Waals surface area contributed by atoms with Gasteiger partial charge >= 0.3 is 0 Å². The number of rotatable bonds is 4. The van der Waals surface area contributed by atoms with Crippen LogP contribution in [0.3, 0.4) is 0 Å². The second-order valence-corrected chi connectivity index (χ2v) is 3.79. The summed E-state index contributed by atoms with van der Waals surface area (Å²) in [6.45, 7) is 0. The predicted molar refractivity (Wildman–Crippen MR) is 64.0 cm³/mol. The van der Waals surface area contributed by atoms with Crippen LogP contribution in [0.4, 0.5) is 0 Å². The van der Waals surface area contributed by atoms with Crippen molar-refractivity contribution in [2.45, 2.75) is 18.9 Å². The number of hydrogen-bond acceptors (Lipinski definition) is 2. The lowest BCUT2D eigenvalue weighted by molar-refractivity contribution is 0.167. The van der Waals surface area contributed by atoms with Crippen LogP contribution in [0, 0.1) is 0 Å². The first-order valence-corrected chi connectivity index (χ1v) is 5.49. The van der Waals surface area contributed by atoms with E-state index in [1.165, 1.54) is 0 Å². The molecule has 1 aromatic heterocycles. The number of pyridine rings is 1. The van der Waals surface area contributed by atoms with Crippen molar-refractivity contribution in [1.29, 1.82) is 0 Å². The summed E-state index contributed by atoms with van der Waals surface area (Å²) in [6.07, 6.45) is 2.89. The van der Waals surface area contributed by atoms with E-state index >= 15 is 0 Å². The Morgan fingerprint density at radius 3 is 2.44 bits per heavy atom. The number of aliphatic hydroxyl groups excluding tert-OH is 1. The monoisotopic (exact) mass is 213 g/mol. The maximum atomic E-state index is 9.95. The molecule has 1 atom stereocenters. The van der Waals surface area contributed by atoms with Gasteiger partial charge in [0.1, 0.15) is 0 Å². The number of benzene rings is 1. The van der Waals surface area contributed by atoms with Crippen LogP contribution >= 0.6 is 0 Å². The van der Waals surface area contributed by atoms with Gasteiger partial charge in [0.15, 0.2) is 0 Å². The maximum Gasteiger partial charge on any atom is 0.0793 e. The summed E-state index contributed by atoms with van der Waals surface area (Å²) < 4.78 is 0. The van der Waals surface area contributed by atoms with Gasteiger partial charge in [-0.15, -0.1) is 0 Å². The molecule has 2 aromatic rings. The van der Waals surface area contributed by atoms with E-state index in [2.05, 4.69) is 4.98 Å². The molecule has 0 aliphatic heterocycles. The average Bonchev–Trinajstić information content (AvgIpc) is 2.38. The van der Waals surface area contributed by atoms with Crippen molar-refractivity contribution < 1.29 is 5.11 Å². The molecule has 0 aliphatic carbocycles. The van der Waals surface area contributed by atoms with E-state index in [1.54, 1.807) is 6.20 Å². The Hall–Kier alpha value is -1.67. The van der Waals surface area contributed by atoms with Gasteiger partial charge < -0.3 is 5.11 Å². The lowest BCUT2D eigenvalue weighted by atomic mass is 10.0. The molecule has 0 spiro atoms. The largest absolute Gasteiger partial charge is 0.388 e. The minimum atomic E-state index is -0.400. The Kier molecular flexibility index (Phi) is 3.67. The van der Waals surface area contributed by atoms with Crippen molar-refractivity contribution >= 4 is 0 Å². The second-order valence-electron chi connectivity index (χ2n) is 3.79. The van der Waals surface area contributed by atoms with Crippen molar-refractivity contribution in [3.05, 3.63) is 66.0 Å². The van der Waals surface area contributed by atoms with E-state index in [0.29, 0.717) is 6.42 Å². The molecule has 16 heavy (non-hydrogen) atoms. The molecule has 0 unspecified atom stereocenters. The molecule has 2 heteroatoms. The maximum absolute atomic E-state index is 9.95. The molecule has 1 aromatic carbocycles. The standard InChI is InChI=1S/C14H15NO/c16-14(12-6-2-1-3-7-12)10-9-13-8-4-5-11-15-13/h1-8,11,14,16H,9-10H2/t14-/m1/s1. The van der Waals surface area contributed by atoms with E-state index in [0.717, 1.165) is 17.7 Å². The van der Waals surface area contributed by atoms with Gasteiger partial charge in [-0.25, -0.2) is 0 Å². The van der Waals surface area contributed by atoms with Gasteiger partial charge in [-0.05, 0) is 30.5 Å². The van der Waals surface area contributed by atoms with Crippen LogP contribution < -0.4 is 0 Å². The summed E-state index contributed by atoms with van der Waals surface area (Å²) in [4.78, 5) is 4.23. The van der Waals surface area contributed by atoms with Gasteiger partial charge in [0.2, 0.25) is 0 Å². The zero-order chi connectivity index (χ0) is 11.2. The summed E-state index contributed by atoms with van der Waals surface area (Å²) >= 11 is 0. The number of hydrogen-bond donors (Lipinski definition) is 1. The van der Waals surface area contributed by atoms with E-state index in [4.69, 9.17) is 0 Å². The normalized spacial score (nSPS) is 12.3. The quantitative estimate of drug-likeness (QED) is 0.847. The first kappa shape index (κ1) is 10.8. The van der Waals surface area contributed by atoms with Crippen LogP contribution in [-0.4, -0.2) is 10.1 Å². The molecule has 0 saturated heterocycles. The summed E-state index contributed by atoms with van der Waals surface area (Å²) in [5.74, 6) is 0. The van der Waals surface area contributed by atoms with Crippen molar-refractivity contribution in [2.24, 2.45) is 0 Å². The van der Waals surface area contributed by atoms with Gasteiger partial charge in [-0.2, -0.15) is 0 Å². The molecular weight excluding hydrogens is 198 g/mol. The van der Waals surface area contributed by atoms with Crippen LogP contribution in [0.15, 0.2) is 54.7 Å². The highest BCUT2D eigenvalue weighted by molar-refractivity contribution is 5.17. The van der Waals surface area contributed by atoms with Crippen LogP contribution in [0.25, 0.3) is 0 Å². The fourth-order valence-corrected chi connectivity index (χ4v) is 1.67. The minimum Gasteiger partial charge on any atom is -0.388 e. The highest BCUT2D eigenvalue weighted by atomic mass is 16.3. The van der Waals surface area contributed by atoms with Gasteiger partial charge in [0.25, 0.3) is 0 Å². The van der Waals surface area contributed by atoms with E-state index in [-0.39, 0.29) is 0 Å². The Balaban J connectivity index is 1.92. The molecule has 2 rings (SSSR count). The van der Waals surface area contributed by atoms with Crippen molar-refractivity contribution in [2.75, 3.05) is 0 Å². The lowest BCUT2D eigenvalue weighted by Crippen LogP contribution is -2.00. The summed E-state index contributed by atoms with van der Waals surface area (Å²) in [5, 5.41) is 9.95. The zero-order valence-corrected chi connectivity index (χ0v) is 9.08. The predicted octanol–water partition coefficient (Wildman–Crippen LogP) is 2.75. The summed E-state index contributed by atoms with van der Waals surface area (Å²) in [7, 11) is 0. The van der Waals surface area contributed by atoms with Crippen molar-refractivity contribution in [1.82, 2.24) is 4.98 Å². The van der Waals surface area contributed by atoms with Crippen molar-refractivity contribution in [3.8, 4) is 0 Å². The third-order valence-electron chi connectivity index (χ3n) is 2.58. The highest BCUT2D eigenvalue weighted by Crippen LogP contribution is 2.17. The molecule has 0 fully saturated rings. The minimum absolute atomic E-state index is 0.400. The van der Waals surface area contributed by atoms with Gasteiger partial charge in [0, 0.05) is 11.9 Å². The van der Waals surface area contributed by atoms with E-state index < -0.39 is 6.10 Å². The molecule has 2 nitrogen and oxygen atoms in total. The Labute approximate surface area is 95.6 Å². The smallest absolute Gasteiger partial charge is 0.0793 e. The molecular formula is C14H15NO. The molecule has 0 amide bonds. The number of nitrogens with zero attached hydrogens (tertiary/aromatic N) is 1. The first-order valence-electron chi connectivity index (χ1n) is 5.49. The van der Waals surface area contributed by atoms with Crippen LogP contribution in [0.2, 0.25) is 0 Å². The summed E-state index contributed by atoms with van der Waals surface area (Å²) in [6, 6.07) is 15.6. The Morgan fingerprint density at radius 2 is 1.75 bits per heavy atom. The topological polar surface area (TPSA) is 33.1 Å². The third-order valence-corrected chi connectivity index (χ3v) is 2.58.